The summed E-state index contributed by atoms with van der Waals surface area (Å²) in [6, 6.07) is 3.71. The fourth-order valence-corrected chi connectivity index (χ4v) is 3.73. The summed E-state index contributed by atoms with van der Waals surface area (Å²) in [6.45, 7) is 0. The first-order valence-corrected chi connectivity index (χ1v) is 8.19. The Kier molecular flexibility index (Phi) is 5.00. The van der Waals surface area contributed by atoms with Gasteiger partial charge >= 0.3 is 0 Å². The normalized spacial score (nSPS) is 11.7. The minimum Gasteiger partial charge on any atom is -0.409 e. The van der Waals surface area contributed by atoms with Crippen LogP contribution in [0.3, 0.4) is 0 Å². The summed E-state index contributed by atoms with van der Waals surface area (Å²) < 4.78 is 1.82. The van der Waals surface area contributed by atoms with Crippen molar-refractivity contribution in [3.8, 4) is 0 Å². The van der Waals surface area contributed by atoms with Gasteiger partial charge in [-0.3, -0.25) is 4.98 Å². The molecule has 6 nitrogen and oxygen atoms in total. The molecule has 0 atom stereocenters. The van der Waals surface area contributed by atoms with Gasteiger partial charge in [-0.15, -0.1) is 10.2 Å². The molecule has 0 saturated carbocycles. The first-order chi connectivity index (χ1) is 9.24. The van der Waals surface area contributed by atoms with E-state index < -0.39 is 0 Å². The minimum absolute atomic E-state index is 0.0123. The maximum Gasteiger partial charge on any atom is 0.189 e. The molecule has 0 spiro atoms. The van der Waals surface area contributed by atoms with Gasteiger partial charge in [0.1, 0.15) is 5.69 Å². The molecule has 0 radical (unpaired) electrons. The van der Waals surface area contributed by atoms with Crippen molar-refractivity contribution in [3.05, 3.63) is 29.6 Å². The molecule has 0 aliphatic carbocycles. The maximum atomic E-state index is 8.73. The Morgan fingerprint density at radius 3 is 2.95 bits per heavy atom. The van der Waals surface area contributed by atoms with Crippen molar-refractivity contribution in [2.45, 2.75) is 14.4 Å². The van der Waals surface area contributed by atoms with E-state index in [9.17, 15) is 0 Å². The van der Waals surface area contributed by atoms with E-state index in [0.29, 0.717) is 11.4 Å². The van der Waals surface area contributed by atoms with Crippen molar-refractivity contribution in [2.24, 2.45) is 10.9 Å². The van der Waals surface area contributed by atoms with Gasteiger partial charge in [-0.1, -0.05) is 46.1 Å². The number of rotatable bonds is 5. The summed E-state index contributed by atoms with van der Waals surface area (Å²) in [5, 5.41) is 19.8. The highest BCUT2D eigenvalue weighted by Gasteiger charge is 2.10. The quantitative estimate of drug-likeness (QED) is 0.286. The molecule has 0 aliphatic heterocycles. The Morgan fingerprint density at radius 1 is 1.47 bits per heavy atom. The standard InChI is InChI=1S/C10H11N5OS3/c1-17-9-13-14-10(19-9)18-5-6-3-2-4-12-7(6)8(11)15-16/h2-4,16H,5H2,1H3,(H2,11,15). The van der Waals surface area contributed by atoms with Crippen LogP contribution in [0, 0.1) is 0 Å². The molecule has 100 valence electrons. The SMILES string of the molecule is CSc1nnc(SCc2cccnc2/C(N)=N/O)s1. The van der Waals surface area contributed by atoms with Crippen LogP contribution >= 0.6 is 34.9 Å². The highest BCUT2D eigenvalue weighted by Crippen LogP contribution is 2.29. The molecule has 2 aromatic rings. The molecule has 2 aromatic heterocycles. The third kappa shape index (κ3) is 3.58. The smallest absolute Gasteiger partial charge is 0.189 e. The summed E-state index contributed by atoms with van der Waals surface area (Å²) in [6.07, 6.45) is 3.57. The first-order valence-electron chi connectivity index (χ1n) is 5.16. The zero-order chi connectivity index (χ0) is 13.7. The Labute approximate surface area is 122 Å². The molecule has 0 saturated heterocycles. The predicted octanol–water partition coefficient (Wildman–Crippen LogP) is 2.04. The Bertz CT molecular complexity index is 586. The zero-order valence-corrected chi connectivity index (χ0v) is 12.4. The molecule has 0 fully saturated rings. The number of hydrogen-bond acceptors (Lipinski definition) is 8. The number of thioether (sulfide) groups is 2. The lowest BCUT2D eigenvalue weighted by Crippen LogP contribution is -2.17. The molecule has 2 rings (SSSR count). The van der Waals surface area contributed by atoms with Gasteiger partial charge in [0.15, 0.2) is 14.5 Å². The largest absolute Gasteiger partial charge is 0.409 e. The van der Waals surface area contributed by atoms with Crippen LogP contribution in [0.5, 0.6) is 0 Å². The zero-order valence-electron chi connectivity index (χ0n) is 9.98. The van der Waals surface area contributed by atoms with E-state index in [2.05, 4.69) is 20.3 Å². The van der Waals surface area contributed by atoms with E-state index in [1.54, 1.807) is 41.1 Å². The van der Waals surface area contributed by atoms with Gasteiger partial charge in [-0.2, -0.15) is 0 Å². The van der Waals surface area contributed by atoms with E-state index in [1.807, 2.05) is 18.4 Å². The first kappa shape index (κ1) is 14.1. The second-order valence-electron chi connectivity index (χ2n) is 3.32. The molecule has 0 unspecified atom stereocenters. The molecule has 0 bridgehead atoms. The van der Waals surface area contributed by atoms with Crippen LogP contribution in [0.25, 0.3) is 0 Å². The van der Waals surface area contributed by atoms with Crippen molar-refractivity contribution < 1.29 is 5.21 Å². The molecule has 3 N–H and O–H groups in total. The summed E-state index contributed by atoms with van der Waals surface area (Å²) in [5.41, 5.74) is 6.97. The summed E-state index contributed by atoms with van der Waals surface area (Å²) in [7, 11) is 0. The maximum absolute atomic E-state index is 8.73. The van der Waals surface area contributed by atoms with E-state index in [-0.39, 0.29) is 5.84 Å². The molecule has 0 amide bonds. The third-order valence-electron chi connectivity index (χ3n) is 2.16. The number of amidine groups is 1. The minimum atomic E-state index is 0.0123. The van der Waals surface area contributed by atoms with Crippen LogP contribution < -0.4 is 5.73 Å². The van der Waals surface area contributed by atoms with Gasteiger partial charge in [-0.25, -0.2) is 0 Å². The Balaban J connectivity index is 2.11. The van der Waals surface area contributed by atoms with E-state index >= 15 is 0 Å². The Hall–Kier alpha value is -1.32. The van der Waals surface area contributed by atoms with Crippen LogP contribution in [0.1, 0.15) is 11.3 Å². The van der Waals surface area contributed by atoms with Crippen LogP contribution in [-0.2, 0) is 5.75 Å². The number of aromatic nitrogens is 3. The summed E-state index contributed by atoms with van der Waals surface area (Å²) in [5.74, 6) is 0.654. The highest BCUT2D eigenvalue weighted by molar-refractivity contribution is 8.02. The van der Waals surface area contributed by atoms with Crippen LogP contribution in [0.2, 0.25) is 0 Å². The van der Waals surface area contributed by atoms with Gasteiger partial charge in [0.05, 0.1) is 0 Å². The summed E-state index contributed by atoms with van der Waals surface area (Å²) >= 11 is 4.67. The number of nitrogens with zero attached hydrogens (tertiary/aromatic N) is 4. The fraction of sp³-hybridized carbons (Fsp3) is 0.200. The van der Waals surface area contributed by atoms with E-state index in [1.165, 1.54) is 0 Å². The van der Waals surface area contributed by atoms with Crippen molar-refractivity contribution in [3.63, 3.8) is 0 Å². The number of pyridine rings is 1. The molecule has 19 heavy (non-hydrogen) atoms. The van der Waals surface area contributed by atoms with Gasteiger partial charge < -0.3 is 10.9 Å². The second-order valence-corrected chi connectivity index (χ2v) is 6.58. The van der Waals surface area contributed by atoms with Crippen LogP contribution in [0.15, 0.2) is 32.2 Å². The fourth-order valence-electron chi connectivity index (χ4n) is 1.31. The molecular formula is C10H11N5OS3. The lowest BCUT2D eigenvalue weighted by atomic mass is 10.2. The molecule has 0 aliphatic rings. The average molecular weight is 313 g/mol. The number of hydrogen-bond donors (Lipinski definition) is 2. The highest BCUT2D eigenvalue weighted by atomic mass is 32.2. The van der Waals surface area contributed by atoms with Gasteiger partial charge in [-0.05, 0) is 17.9 Å². The third-order valence-corrected chi connectivity index (χ3v) is 5.24. The van der Waals surface area contributed by atoms with Gasteiger partial charge in [0.2, 0.25) is 0 Å². The number of nitrogens with two attached hydrogens (primary N) is 1. The van der Waals surface area contributed by atoms with Crippen molar-refractivity contribution >= 4 is 40.7 Å². The molecular weight excluding hydrogens is 302 g/mol. The van der Waals surface area contributed by atoms with Crippen LogP contribution in [0.4, 0.5) is 0 Å². The van der Waals surface area contributed by atoms with Gasteiger partial charge in [0, 0.05) is 11.9 Å². The van der Waals surface area contributed by atoms with Crippen molar-refractivity contribution in [2.75, 3.05) is 6.26 Å². The van der Waals surface area contributed by atoms with E-state index in [0.717, 1.165) is 14.2 Å². The lowest BCUT2D eigenvalue weighted by molar-refractivity contribution is 0.318. The molecule has 2 heterocycles. The van der Waals surface area contributed by atoms with E-state index in [4.69, 9.17) is 10.9 Å². The average Bonchev–Trinajstić information content (AvgIpc) is 2.92. The van der Waals surface area contributed by atoms with Crippen molar-refractivity contribution in [1.82, 2.24) is 15.2 Å². The number of oxime groups is 1. The Morgan fingerprint density at radius 2 is 2.26 bits per heavy atom. The molecule has 0 aromatic carbocycles. The second kappa shape index (κ2) is 6.73. The molecule has 9 heteroatoms. The van der Waals surface area contributed by atoms with Gasteiger partial charge in [0.25, 0.3) is 0 Å². The predicted molar refractivity (Wildman–Crippen MR) is 78.0 cm³/mol. The lowest BCUT2D eigenvalue weighted by Gasteiger charge is -2.05. The topological polar surface area (TPSA) is 97.3 Å². The van der Waals surface area contributed by atoms with Crippen LogP contribution in [-0.4, -0.2) is 32.5 Å². The monoisotopic (exact) mass is 313 g/mol. The van der Waals surface area contributed by atoms with Crippen molar-refractivity contribution in [1.29, 1.82) is 0 Å². The summed E-state index contributed by atoms with van der Waals surface area (Å²) in [4.78, 5) is 4.12.